The van der Waals surface area contributed by atoms with E-state index >= 15 is 0 Å². The fraction of sp³-hybridized carbons (Fsp3) is 0.600. The van der Waals surface area contributed by atoms with E-state index in [4.69, 9.17) is 9.84 Å². The van der Waals surface area contributed by atoms with Crippen LogP contribution >= 0.6 is 0 Å². The number of ether oxygens (including phenoxy) is 1. The number of aliphatic carboxylic acids is 1. The van der Waals surface area contributed by atoms with Crippen LogP contribution in [0.25, 0.3) is 0 Å². The van der Waals surface area contributed by atoms with Gasteiger partial charge in [-0.15, -0.1) is 0 Å². The molecule has 1 fully saturated rings. The zero-order valence-corrected chi connectivity index (χ0v) is 9.17. The van der Waals surface area contributed by atoms with Crippen molar-refractivity contribution in [2.24, 2.45) is 0 Å². The molecule has 2 rings (SSSR count). The first-order valence-corrected chi connectivity index (χ1v) is 5.33. The first kappa shape index (κ1) is 10.9. The molecule has 0 saturated carbocycles. The molecule has 1 aliphatic heterocycles. The maximum atomic E-state index is 10.8. The third-order valence-electron chi connectivity index (χ3n) is 2.66. The Morgan fingerprint density at radius 3 is 3.25 bits per heavy atom. The van der Waals surface area contributed by atoms with Gasteiger partial charge in [-0.3, -0.25) is 0 Å². The first-order valence-electron chi connectivity index (χ1n) is 5.33. The second kappa shape index (κ2) is 4.52. The molecule has 6 nitrogen and oxygen atoms in total. The number of carbonyl (C=O) groups is 1. The van der Waals surface area contributed by atoms with E-state index in [9.17, 15) is 4.79 Å². The summed E-state index contributed by atoms with van der Waals surface area (Å²) in [6.07, 6.45) is 2.86. The Labute approximate surface area is 93.4 Å². The Morgan fingerprint density at radius 1 is 1.75 bits per heavy atom. The van der Waals surface area contributed by atoms with E-state index < -0.39 is 12.1 Å². The van der Waals surface area contributed by atoms with Crippen LogP contribution in [0, 0.1) is 0 Å². The van der Waals surface area contributed by atoms with Gasteiger partial charge in [-0.1, -0.05) is 0 Å². The van der Waals surface area contributed by atoms with Gasteiger partial charge in [0.2, 0.25) is 5.95 Å². The molecule has 1 aliphatic rings. The summed E-state index contributed by atoms with van der Waals surface area (Å²) in [6, 6.07) is 0. The maximum absolute atomic E-state index is 10.8. The van der Waals surface area contributed by atoms with Crippen LogP contribution in [0.4, 0.5) is 5.95 Å². The van der Waals surface area contributed by atoms with Crippen molar-refractivity contribution in [3.8, 4) is 0 Å². The Morgan fingerprint density at radius 2 is 2.56 bits per heavy atom. The summed E-state index contributed by atoms with van der Waals surface area (Å²) in [5, 5.41) is 8.90. The van der Waals surface area contributed by atoms with Crippen LogP contribution < -0.4 is 4.90 Å². The van der Waals surface area contributed by atoms with Crippen molar-refractivity contribution in [3.05, 3.63) is 12.4 Å². The molecule has 16 heavy (non-hydrogen) atoms. The van der Waals surface area contributed by atoms with Gasteiger partial charge < -0.3 is 19.3 Å². The molecule has 1 N–H and O–H groups in total. The van der Waals surface area contributed by atoms with Crippen molar-refractivity contribution in [2.75, 3.05) is 24.6 Å². The van der Waals surface area contributed by atoms with Crippen molar-refractivity contribution in [1.29, 1.82) is 0 Å². The lowest BCUT2D eigenvalue weighted by Gasteiger charge is -2.31. The highest BCUT2D eigenvalue weighted by molar-refractivity contribution is 5.73. The summed E-state index contributed by atoms with van der Waals surface area (Å²) in [4.78, 5) is 17.0. The lowest BCUT2D eigenvalue weighted by molar-refractivity contribution is -0.150. The SMILES string of the molecule is CCn1ccnc1N1CCOC(C(=O)O)C1. The largest absolute Gasteiger partial charge is 0.479 e. The van der Waals surface area contributed by atoms with Gasteiger partial charge in [-0.25, -0.2) is 9.78 Å². The maximum Gasteiger partial charge on any atom is 0.334 e. The monoisotopic (exact) mass is 225 g/mol. The molecular weight excluding hydrogens is 210 g/mol. The van der Waals surface area contributed by atoms with Gasteiger partial charge in [0.25, 0.3) is 0 Å². The molecule has 0 amide bonds. The number of rotatable bonds is 3. The van der Waals surface area contributed by atoms with Crippen LogP contribution in [-0.2, 0) is 16.1 Å². The number of hydrogen-bond acceptors (Lipinski definition) is 4. The molecule has 88 valence electrons. The van der Waals surface area contributed by atoms with E-state index in [1.165, 1.54) is 0 Å². The predicted octanol–water partition coefficient (Wildman–Crippen LogP) is 0.193. The smallest absolute Gasteiger partial charge is 0.334 e. The van der Waals surface area contributed by atoms with E-state index in [0.717, 1.165) is 12.5 Å². The summed E-state index contributed by atoms with van der Waals surface area (Å²) in [5.74, 6) is -0.101. The minimum absolute atomic E-state index is 0.354. The second-order valence-corrected chi connectivity index (χ2v) is 3.66. The molecule has 6 heteroatoms. The number of anilines is 1. The minimum atomic E-state index is -0.917. The Kier molecular flexibility index (Phi) is 3.09. The van der Waals surface area contributed by atoms with Crippen molar-refractivity contribution < 1.29 is 14.6 Å². The van der Waals surface area contributed by atoms with Crippen LogP contribution in [0.1, 0.15) is 6.92 Å². The van der Waals surface area contributed by atoms with Crippen LogP contribution in [0.15, 0.2) is 12.4 Å². The minimum Gasteiger partial charge on any atom is -0.479 e. The van der Waals surface area contributed by atoms with Crippen molar-refractivity contribution in [1.82, 2.24) is 9.55 Å². The van der Waals surface area contributed by atoms with Gasteiger partial charge >= 0.3 is 5.97 Å². The third-order valence-corrected chi connectivity index (χ3v) is 2.66. The van der Waals surface area contributed by atoms with Gasteiger partial charge in [0, 0.05) is 25.5 Å². The van der Waals surface area contributed by atoms with Crippen molar-refractivity contribution in [2.45, 2.75) is 19.6 Å². The summed E-state index contributed by atoms with van der Waals surface area (Å²) in [6.45, 7) is 4.31. The number of hydrogen-bond donors (Lipinski definition) is 1. The van der Waals surface area contributed by atoms with Crippen LogP contribution in [0.2, 0.25) is 0 Å². The molecule has 2 heterocycles. The molecule has 0 bridgehead atoms. The summed E-state index contributed by atoms with van der Waals surface area (Å²) in [7, 11) is 0. The van der Waals surface area contributed by atoms with Gasteiger partial charge in [0.15, 0.2) is 6.10 Å². The van der Waals surface area contributed by atoms with E-state index in [1.54, 1.807) is 6.20 Å². The lowest BCUT2D eigenvalue weighted by atomic mass is 10.3. The average Bonchev–Trinajstić information content (AvgIpc) is 2.77. The van der Waals surface area contributed by atoms with E-state index in [1.807, 2.05) is 22.6 Å². The topological polar surface area (TPSA) is 67.6 Å². The predicted molar refractivity (Wildman–Crippen MR) is 57.5 cm³/mol. The molecule has 0 aromatic carbocycles. The number of aromatic nitrogens is 2. The highest BCUT2D eigenvalue weighted by Crippen LogP contribution is 2.15. The first-order chi connectivity index (χ1) is 7.72. The van der Waals surface area contributed by atoms with Gasteiger partial charge in [0.05, 0.1) is 13.2 Å². The summed E-state index contributed by atoms with van der Waals surface area (Å²) < 4.78 is 7.15. The highest BCUT2D eigenvalue weighted by atomic mass is 16.5. The van der Waals surface area contributed by atoms with Crippen LogP contribution in [-0.4, -0.2) is 46.4 Å². The van der Waals surface area contributed by atoms with Gasteiger partial charge in [-0.05, 0) is 6.92 Å². The van der Waals surface area contributed by atoms with Crippen molar-refractivity contribution >= 4 is 11.9 Å². The number of carboxylic acid groups (broad SMARTS) is 1. The van der Waals surface area contributed by atoms with Crippen LogP contribution in [0.5, 0.6) is 0 Å². The van der Waals surface area contributed by atoms with E-state index in [0.29, 0.717) is 19.7 Å². The highest BCUT2D eigenvalue weighted by Gasteiger charge is 2.27. The fourth-order valence-corrected chi connectivity index (χ4v) is 1.81. The third kappa shape index (κ3) is 2.01. The molecule has 1 atom stereocenters. The second-order valence-electron chi connectivity index (χ2n) is 3.66. The number of aryl methyl sites for hydroxylation is 1. The number of carboxylic acids is 1. The molecule has 0 radical (unpaired) electrons. The average molecular weight is 225 g/mol. The number of nitrogens with zero attached hydrogens (tertiary/aromatic N) is 3. The quantitative estimate of drug-likeness (QED) is 0.795. The molecule has 1 unspecified atom stereocenters. The normalized spacial score (nSPS) is 21.1. The Bertz CT molecular complexity index is 377. The van der Waals surface area contributed by atoms with Gasteiger partial charge in [-0.2, -0.15) is 0 Å². The molecule has 1 aromatic rings. The van der Waals surface area contributed by atoms with Crippen molar-refractivity contribution in [3.63, 3.8) is 0 Å². The zero-order valence-electron chi connectivity index (χ0n) is 9.17. The standard InChI is InChI=1S/C10H15N3O3/c1-2-12-4-3-11-10(12)13-5-6-16-8(7-13)9(14)15/h3-4,8H,2,5-7H2,1H3,(H,14,15). The molecule has 1 saturated heterocycles. The summed E-state index contributed by atoms with van der Waals surface area (Å²) in [5.41, 5.74) is 0. The molecular formula is C10H15N3O3. The molecule has 0 aliphatic carbocycles. The van der Waals surface area contributed by atoms with Gasteiger partial charge in [0.1, 0.15) is 0 Å². The van der Waals surface area contributed by atoms with E-state index in [2.05, 4.69) is 4.98 Å². The van der Waals surface area contributed by atoms with Crippen LogP contribution in [0.3, 0.4) is 0 Å². The number of morpholine rings is 1. The lowest BCUT2D eigenvalue weighted by Crippen LogP contribution is -2.47. The Balaban J connectivity index is 2.12. The zero-order chi connectivity index (χ0) is 11.5. The molecule has 0 spiro atoms. The fourth-order valence-electron chi connectivity index (χ4n) is 1.81. The number of imidazole rings is 1. The Hall–Kier alpha value is -1.56. The summed E-state index contributed by atoms with van der Waals surface area (Å²) >= 11 is 0. The van der Waals surface area contributed by atoms with E-state index in [-0.39, 0.29) is 0 Å². The molecule has 1 aromatic heterocycles.